The standard InChI is InChI=1S/C13H19ClN2OS/c1-7(2)12-15-11(14)8(3)13(16-12)18-10-5-6-17-9(10)4/h7,9-10H,5-6H2,1-4H3. The molecule has 1 fully saturated rings. The number of hydrogen-bond donors (Lipinski definition) is 0. The Morgan fingerprint density at radius 3 is 2.67 bits per heavy atom. The van der Waals surface area contributed by atoms with Crippen LogP contribution in [0.4, 0.5) is 0 Å². The van der Waals surface area contributed by atoms with Gasteiger partial charge in [0.2, 0.25) is 0 Å². The Kier molecular flexibility index (Phi) is 4.51. The molecular formula is C13H19ClN2OS. The molecule has 1 aliphatic heterocycles. The van der Waals surface area contributed by atoms with E-state index in [2.05, 4.69) is 30.7 Å². The monoisotopic (exact) mass is 286 g/mol. The van der Waals surface area contributed by atoms with Crippen molar-refractivity contribution in [1.82, 2.24) is 9.97 Å². The van der Waals surface area contributed by atoms with Crippen LogP contribution in [0.1, 0.15) is 44.5 Å². The molecule has 0 radical (unpaired) electrons. The van der Waals surface area contributed by atoms with Crippen LogP contribution in [0.15, 0.2) is 5.03 Å². The summed E-state index contributed by atoms with van der Waals surface area (Å²) in [6.45, 7) is 9.10. The van der Waals surface area contributed by atoms with Gasteiger partial charge < -0.3 is 4.74 Å². The summed E-state index contributed by atoms with van der Waals surface area (Å²) >= 11 is 7.96. The number of aromatic nitrogens is 2. The Bertz CT molecular complexity index is 439. The van der Waals surface area contributed by atoms with Crippen molar-refractivity contribution < 1.29 is 4.74 Å². The predicted octanol–water partition coefficient (Wildman–Crippen LogP) is 3.83. The van der Waals surface area contributed by atoms with Gasteiger partial charge in [-0.2, -0.15) is 0 Å². The Hall–Kier alpha value is -0.320. The zero-order valence-corrected chi connectivity index (χ0v) is 12.8. The summed E-state index contributed by atoms with van der Waals surface area (Å²) < 4.78 is 5.59. The largest absolute Gasteiger partial charge is 0.377 e. The van der Waals surface area contributed by atoms with E-state index < -0.39 is 0 Å². The summed E-state index contributed by atoms with van der Waals surface area (Å²) in [5, 5.41) is 2.04. The maximum Gasteiger partial charge on any atom is 0.136 e. The van der Waals surface area contributed by atoms with Gasteiger partial charge in [0.1, 0.15) is 16.0 Å². The van der Waals surface area contributed by atoms with Crippen LogP contribution in [0.25, 0.3) is 0 Å². The minimum atomic E-state index is 0.283. The van der Waals surface area contributed by atoms with Crippen molar-refractivity contribution in [2.45, 2.75) is 56.4 Å². The van der Waals surface area contributed by atoms with Gasteiger partial charge in [0.15, 0.2) is 0 Å². The first kappa shape index (κ1) is 14.1. The molecule has 2 heterocycles. The Morgan fingerprint density at radius 1 is 1.39 bits per heavy atom. The summed E-state index contributed by atoms with van der Waals surface area (Å²) in [6.07, 6.45) is 1.36. The van der Waals surface area contributed by atoms with Crippen molar-refractivity contribution in [3.63, 3.8) is 0 Å². The molecule has 0 bridgehead atoms. The number of thioether (sulfide) groups is 1. The highest BCUT2D eigenvalue weighted by Gasteiger charge is 2.27. The minimum absolute atomic E-state index is 0.283. The van der Waals surface area contributed by atoms with Crippen molar-refractivity contribution in [3.8, 4) is 0 Å². The second-order valence-corrected chi connectivity index (χ2v) is 6.56. The average molecular weight is 287 g/mol. The molecule has 0 aliphatic carbocycles. The molecule has 1 aromatic rings. The van der Waals surface area contributed by atoms with Gasteiger partial charge in [0.05, 0.1) is 6.10 Å². The third-order valence-electron chi connectivity index (χ3n) is 3.15. The second kappa shape index (κ2) is 5.76. The van der Waals surface area contributed by atoms with Crippen LogP contribution < -0.4 is 0 Å². The van der Waals surface area contributed by atoms with Crippen LogP contribution in [-0.2, 0) is 4.74 Å². The molecule has 100 valence electrons. The number of hydrogen-bond acceptors (Lipinski definition) is 4. The van der Waals surface area contributed by atoms with Crippen LogP contribution in [0, 0.1) is 6.92 Å². The van der Waals surface area contributed by atoms with Crippen molar-refractivity contribution >= 4 is 23.4 Å². The van der Waals surface area contributed by atoms with Crippen LogP contribution in [0.3, 0.4) is 0 Å². The number of ether oxygens (including phenoxy) is 1. The molecule has 2 unspecified atom stereocenters. The second-order valence-electron chi connectivity index (χ2n) is 4.98. The lowest BCUT2D eigenvalue weighted by atomic mass is 10.2. The van der Waals surface area contributed by atoms with Gasteiger partial charge in [-0.15, -0.1) is 0 Å². The van der Waals surface area contributed by atoms with E-state index in [-0.39, 0.29) is 6.10 Å². The third kappa shape index (κ3) is 2.98. The van der Waals surface area contributed by atoms with Gasteiger partial charge in [0, 0.05) is 23.3 Å². The molecule has 1 aromatic heterocycles. The van der Waals surface area contributed by atoms with E-state index >= 15 is 0 Å². The van der Waals surface area contributed by atoms with Crippen LogP contribution >= 0.6 is 23.4 Å². The molecule has 0 aromatic carbocycles. The van der Waals surface area contributed by atoms with E-state index in [1.807, 2.05) is 6.92 Å². The molecule has 2 rings (SSSR count). The smallest absolute Gasteiger partial charge is 0.136 e. The first-order valence-electron chi connectivity index (χ1n) is 6.31. The molecule has 0 N–H and O–H groups in total. The zero-order chi connectivity index (χ0) is 13.3. The first-order chi connectivity index (χ1) is 8.49. The van der Waals surface area contributed by atoms with Crippen molar-refractivity contribution in [2.24, 2.45) is 0 Å². The van der Waals surface area contributed by atoms with E-state index in [9.17, 15) is 0 Å². The van der Waals surface area contributed by atoms with E-state index in [4.69, 9.17) is 16.3 Å². The summed E-state index contributed by atoms with van der Waals surface area (Å²) in [4.78, 5) is 8.98. The van der Waals surface area contributed by atoms with Gasteiger partial charge in [-0.1, -0.05) is 37.2 Å². The Labute approximate surface area is 118 Å². The lowest BCUT2D eigenvalue weighted by Crippen LogP contribution is -2.14. The molecule has 0 amide bonds. The molecule has 1 saturated heterocycles. The Balaban J connectivity index is 2.25. The molecule has 0 spiro atoms. The highest BCUT2D eigenvalue weighted by molar-refractivity contribution is 8.00. The van der Waals surface area contributed by atoms with Crippen LogP contribution in [0.5, 0.6) is 0 Å². The maximum atomic E-state index is 6.19. The molecular weight excluding hydrogens is 268 g/mol. The van der Waals surface area contributed by atoms with Gasteiger partial charge in [-0.25, -0.2) is 9.97 Å². The lowest BCUT2D eigenvalue weighted by Gasteiger charge is -2.16. The highest BCUT2D eigenvalue weighted by atomic mass is 35.5. The topological polar surface area (TPSA) is 35.0 Å². The highest BCUT2D eigenvalue weighted by Crippen LogP contribution is 2.35. The van der Waals surface area contributed by atoms with Gasteiger partial charge >= 0.3 is 0 Å². The van der Waals surface area contributed by atoms with E-state index in [0.717, 1.165) is 29.4 Å². The van der Waals surface area contributed by atoms with Gasteiger partial charge in [0.25, 0.3) is 0 Å². The minimum Gasteiger partial charge on any atom is -0.377 e. The van der Waals surface area contributed by atoms with Crippen molar-refractivity contribution in [3.05, 3.63) is 16.5 Å². The van der Waals surface area contributed by atoms with E-state index in [1.165, 1.54) is 0 Å². The fourth-order valence-electron chi connectivity index (χ4n) is 1.87. The molecule has 2 atom stereocenters. The molecule has 3 nitrogen and oxygen atoms in total. The zero-order valence-electron chi connectivity index (χ0n) is 11.2. The predicted molar refractivity (Wildman–Crippen MR) is 75.5 cm³/mol. The SMILES string of the molecule is Cc1c(Cl)nc(C(C)C)nc1SC1CCOC1C. The van der Waals surface area contributed by atoms with Crippen LogP contribution in [0.2, 0.25) is 5.15 Å². The Morgan fingerprint density at radius 2 is 2.11 bits per heavy atom. The van der Waals surface area contributed by atoms with Gasteiger partial charge in [-0.05, 0) is 20.3 Å². The molecule has 18 heavy (non-hydrogen) atoms. The number of halogens is 1. The summed E-state index contributed by atoms with van der Waals surface area (Å²) in [5.74, 6) is 1.11. The van der Waals surface area contributed by atoms with Gasteiger partial charge in [-0.3, -0.25) is 0 Å². The fraction of sp³-hybridized carbons (Fsp3) is 0.692. The third-order valence-corrected chi connectivity index (χ3v) is 5.06. The van der Waals surface area contributed by atoms with E-state index in [0.29, 0.717) is 16.3 Å². The molecule has 0 saturated carbocycles. The fourth-order valence-corrected chi connectivity index (χ4v) is 3.29. The lowest BCUT2D eigenvalue weighted by molar-refractivity contribution is 0.127. The van der Waals surface area contributed by atoms with Crippen molar-refractivity contribution in [2.75, 3.05) is 6.61 Å². The number of nitrogens with zero attached hydrogens (tertiary/aromatic N) is 2. The molecule has 5 heteroatoms. The first-order valence-corrected chi connectivity index (χ1v) is 7.57. The van der Waals surface area contributed by atoms with E-state index in [1.54, 1.807) is 11.8 Å². The summed E-state index contributed by atoms with van der Waals surface area (Å²) in [5.41, 5.74) is 0.977. The summed E-state index contributed by atoms with van der Waals surface area (Å²) in [6, 6.07) is 0. The van der Waals surface area contributed by atoms with Crippen LogP contribution in [-0.4, -0.2) is 27.9 Å². The van der Waals surface area contributed by atoms with Crippen molar-refractivity contribution in [1.29, 1.82) is 0 Å². The quantitative estimate of drug-likeness (QED) is 0.791. The average Bonchev–Trinajstić information content (AvgIpc) is 2.70. The normalized spacial score (nSPS) is 23.9. The summed E-state index contributed by atoms with van der Waals surface area (Å²) in [7, 11) is 0. The number of rotatable bonds is 3. The molecule has 1 aliphatic rings. The maximum absolute atomic E-state index is 6.19.